The molecule has 74 valence electrons. The highest BCUT2D eigenvalue weighted by Crippen LogP contribution is 2.53. The van der Waals surface area contributed by atoms with Crippen LogP contribution in [-0.2, 0) is 0 Å². The van der Waals surface area contributed by atoms with E-state index in [-0.39, 0.29) is 0 Å². The lowest BCUT2D eigenvalue weighted by Crippen LogP contribution is -2.31. The first kappa shape index (κ1) is 8.49. The van der Waals surface area contributed by atoms with Gasteiger partial charge in [-0.3, -0.25) is 0 Å². The van der Waals surface area contributed by atoms with Crippen molar-refractivity contribution in [1.29, 1.82) is 0 Å². The summed E-state index contributed by atoms with van der Waals surface area (Å²) in [4.78, 5) is 2.40. The van der Waals surface area contributed by atoms with Crippen LogP contribution < -0.4 is 0 Å². The van der Waals surface area contributed by atoms with Gasteiger partial charge in [-0.25, -0.2) is 0 Å². The Bertz CT molecular complexity index is 356. The number of rotatable bonds is 1. The van der Waals surface area contributed by atoms with Crippen LogP contribution in [0.1, 0.15) is 35.8 Å². The van der Waals surface area contributed by atoms with Crippen LogP contribution in [0.15, 0.2) is 24.3 Å². The highest BCUT2D eigenvalue weighted by atomic mass is 15.1. The van der Waals surface area contributed by atoms with Gasteiger partial charge in [0.05, 0.1) is 0 Å². The van der Waals surface area contributed by atoms with Crippen LogP contribution in [-0.4, -0.2) is 25.0 Å². The molecule has 1 aromatic carbocycles. The molecule has 1 heteroatoms. The Hall–Kier alpha value is -0.820. The summed E-state index contributed by atoms with van der Waals surface area (Å²) < 4.78 is 0. The molecule has 1 saturated carbocycles. The van der Waals surface area contributed by atoms with Crippen molar-refractivity contribution >= 4 is 0 Å². The first-order valence-corrected chi connectivity index (χ1v) is 5.52. The lowest BCUT2D eigenvalue weighted by atomic mass is 9.88. The van der Waals surface area contributed by atoms with Gasteiger partial charge in [0.15, 0.2) is 0 Å². The van der Waals surface area contributed by atoms with Gasteiger partial charge in [-0.2, -0.15) is 0 Å². The summed E-state index contributed by atoms with van der Waals surface area (Å²) in [7, 11) is 4.43. The first-order chi connectivity index (χ1) is 6.77. The summed E-state index contributed by atoms with van der Waals surface area (Å²) in [6.45, 7) is 0. The molecule has 14 heavy (non-hydrogen) atoms. The average Bonchev–Trinajstić information content (AvgIpc) is 2.75. The van der Waals surface area contributed by atoms with Crippen molar-refractivity contribution in [2.45, 2.75) is 30.7 Å². The first-order valence-electron chi connectivity index (χ1n) is 5.52. The lowest BCUT2D eigenvalue weighted by molar-refractivity contribution is 0.269. The van der Waals surface area contributed by atoms with Crippen molar-refractivity contribution in [3.63, 3.8) is 0 Å². The quantitative estimate of drug-likeness (QED) is 0.653. The van der Waals surface area contributed by atoms with E-state index in [1.165, 1.54) is 12.8 Å². The van der Waals surface area contributed by atoms with E-state index in [1.807, 2.05) is 0 Å². The molecule has 0 aliphatic heterocycles. The van der Waals surface area contributed by atoms with Crippen molar-refractivity contribution < 1.29 is 0 Å². The lowest BCUT2D eigenvalue weighted by Gasteiger charge is -2.29. The van der Waals surface area contributed by atoms with E-state index in [2.05, 4.69) is 43.3 Å². The zero-order valence-electron chi connectivity index (χ0n) is 8.90. The van der Waals surface area contributed by atoms with Gasteiger partial charge < -0.3 is 4.90 Å². The maximum atomic E-state index is 2.40. The molecule has 0 amide bonds. The van der Waals surface area contributed by atoms with E-state index in [0.717, 1.165) is 17.9 Å². The van der Waals surface area contributed by atoms with E-state index in [9.17, 15) is 0 Å². The number of hydrogen-bond donors (Lipinski definition) is 0. The van der Waals surface area contributed by atoms with Crippen molar-refractivity contribution in [2.75, 3.05) is 14.1 Å². The van der Waals surface area contributed by atoms with Crippen molar-refractivity contribution in [2.24, 2.45) is 0 Å². The van der Waals surface area contributed by atoms with Crippen LogP contribution in [0.5, 0.6) is 0 Å². The third-order valence-corrected chi connectivity index (χ3v) is 4.03. The van der Waals surface area contributed by atoms with Gasteiger partial charge in [-0.1, -0.05) is 24.3 Å². The summed E-state index contributed by atoms with van der Waals surface area (Å²) in [5, 5.41) is 0. The molecule has 1 nitrogen and oxygen atoms in total. The van der Waals surface area contributed by atoms with Crippen LogP contribution in [0.2, 0.25) is 0 Å². The van der Waals surface area contributed by atoms with Gasteiger partial charge in [0.2, 0.25) is 0 Å². The summed E-state index contributed by atoms with van der Waals surface area (Å²) in [6, 6.07) is 9.81. The largest absolute Gasteiger partial charge is 0.306 e. The molecule has 2 bridgehead atoms. The third kappa shape index (κ3) is 0.992. The number of benzene rings is 1. The van der Waals surface area contributed by atoms with E-state index in [0.29, 0.717) is 0 Å². The van der Waals surface area contributed by atoms with Crippen molar-refractivity contribution in [1.82, 2.24) is 4.90 Å². The predicted molar refractivity (Wildman–Crippen MR) is 58.6 cm³/mol. The summed E-state index contributed by atoms with van der Waals surface area (Å²) in [6.07, 6.45) is 2.76. The highest BCUT2D eigenvalue weighted by Gasteiger charge is 2.44. The van der Waals surface area contributed by atoms with Crippen LogP contribution in [0.25, 0.3) is 0 Å². The molecule has 0 radical (unpaired) electrons. The number of fused-ring (bicyclic) bond motifs is 5. The molecule has 3 atom stereocenters. The van der Waals surface area contributed by atoms with Gasteiger partial charge in [-0.05, 0) is 44.0 Å². The van der Waals surface area contributed by atoms with Gasteiger partial charge >= 0.3 is 0 Å². The minimum atomic E-state index is 0.787. The van der Waals surface area contributed by atoms with Gasteiger partial charge in [0.25, 0.3) is 0 Å². The second-order valence-electron chi connectivity index (χ2n) is 4.93. The van der Waals surface area contributed by atoms with Crippen LogP contribution in [0.4, 0.5) is 0 Å². The highest BCUT2D eigenvalue weighted by molar-refractivity contribution is 5.42. The number of likely N-dealkylation sites (N-methyl/N-ethyl adjacent to an activating group) is 1. The maximum Gasteiger partial charge on any atom is 0.0164 e. The minimum absolute atomic E-state index is 0.787. The molecule has 0 heterocycles. The monoisotopic (exact) mass is 187 g/mol. The molecule has 0 unspecified atom stereocenters. The van der Waals surface area contributed by atoms with Gasteiger partial charge in [-0.15, -0.1) is 0 Å². The Balaban J connectivity index is 2.02. The molecular formula is C13H17N. The smallest absolute Gasteiger partial charge is 0.0164 e. The molecule has 2 aliphatic rings. The van der Waals surface area contributed by atoms with E-state index in [4.69, 9.17) is 0 Å². The number of hydrogen-bond acceptors (Lipinski definition) is 1. The molecule has 0 N–H and O–H groups in total. The van der Waals surface area contributed by atoms with Crippen LogP contribution in [0.3, 0.4) is 0 Å². The standard InChI is InChI=1S/C13H17N/c1-14(2)13-8-9-7-12(13)11-6-4-3-5-10(9)11/h3-6,9,12-13H,7-8H2,1-2H3/t9-,12-,13-/m0/s1. The predicted octanol–water partition coefficient (Wildman–Crippen LogP) is 2.59. The SMILES string of the molecule is CN(C)[C@H]1C[C@@H]2C[C@H]1c1ccccc12. The Labute approximate surface area is 85.7 Å². The summed E-state index contributed by atoms with van der Waals surface area (Å²) >= 11 is 0. The molecular weight excluding hydrogens is 170 g/mol. The fourth-order valence-corrected chi connectivity index (χ4v) is 3.39. The fourth-order valence-electron chi connectivity index (χ4n) is 3.39. The van der Waals surface area contributed by atoms with E-state index in [1.54, 1.807) is 11.1 Å². The minimum Gasteiger partial charge on any atom is -0.306 e. The molecule has 3 rings (SSSR count). The zero-order valence-corrected chi connectivity index (χ0v) is 8.90. The molecule has 0 aromatic heterocycles. The molecule has 2 aliphatic carbocycles. The maximum absolute atomic E-state index is 2.40. The Kier molecular flexibility index (Phi) is 1.72. The Morgan fingerprint density at radius 1 is 1.07 bits per heavy atom. The van der Waals surface area contributed by atoms with E-state index < -0.39 is 0 Å². The third-order valence-electron chi connectivity index (χ3n) is 4.03. The molecule has 1 aromatic rings. The summed E-state index contributed by atoms with van der Waals surface area (Å²) in [5.74, 6) is 1.66. The normalized spacial score (nSPS) is 33.8. The molecule has 0 saturated heterocycles. The zero-order chi connectivity index (χ0) is 9.71. The Morgan fingerprint density at radius 2 is 1.79 bits per heavy atom. The molecule has 1 fully saturated rings. The van der Waals surface area contributed by atoms with Crippen LogP contribution in [0, 0.1) is 0 Å². The second kappa shape index (κ2) is 2.83. The fraction of sp³-hybridized carbons (Fsp3) is 0.538. The van der Waals surface area contributed by atoms with E-state index >= 15 is 0 Å². The number of nitrogens with zero attached hydrogens (tertiary/aromatic N) is 1. The average molecular weight is 187 g/mol. The topological polar surface area (TPSA) is 3.24 Å². The van der Waals surface area contributed by atoms with Crippen LogP contribution >= 0.6 is 0 Å². The van der Waals surface area contributed by atoms with Gasteiger partial charge in [0, 0.05) is 12.0 Å². The van der Waals surface area contributed by atoms with Gasteiger partial charge in [0.1, 0.15) is 0 Å². The second-order valence-corrected chi connectivity index (χ2v) is 4.93. The Morgan fingerprint density at radius 3 is 2.50 bits per heavy atom. The summed E-state index contributed by atoms with van der Waals surface area (Å²) in [5.41, 5.74) is 3.26. The molecule has 0 spiro atoms. The van der Waals surface area contributed by atoms with Crippen molar-refractivity contribution in [3.8, 4) is 0 Å². The van der Waals surface area contributed by atoms with Crippen molar-refractivity contribution in [3.05, 3.63) is 35.4 Å².